The monoisotopic (exact) mass is 495 g/mol. The van der Waals surface area contributed by atoms with Gasteiger partial charge in [-0.3, -0.25) is 4.79 Å². The topological polar surface area (TPSA) is 70.6 Å². The van der Waals surface area contributed by atoms with Gasteiger partial charge in [0.25, 0.3) is 0 Å². The third-order valence-electron chi connectivity index (χ3n) is 5.36. The Bertz CT molecular complexity index is 1300. The van der Waals surface area contributed by atoms with E-state index in [2.05, 4.69) is 4.98 Å². The van der Waals surface area contributed by atoms with Gasteiger partial charge in [-0.05, 0) is 25.1 Å². The zero-order valence-corrected chi connectivity index (χ0v) is 19.2. The molecule has 1 aromatic heterocycles. The maximum atomic E-state index is 14.0. The van der Waals surface area contributed by atoms with Gasteiger partial charge in [0.15, 0.2) is 17.5 Å². The highest BCUT2D eigenvalue weighted by Gasteiger charge is 2.33. The van der Waals surface area contributed by atoms with E-state index in [1.807, 2.05) is 36.6 Å². The third kappa shape index (κ3) is 4.80. The van der Waals surface area contributed by atoms with Crippen molar-refractivity contribution in [1.29, 1.82) is 0 Å². The van der Waals surface area contributed by atoms with Gasteiger partial charge in [0.1, 0.15) is 9.90 Å². The van der Waals surface area contributed by atoms with Crippen LogP contribution in [0, 0.1) is 24.4 Å². The lowest BCUT2D eigenvalue weighted by molar-refractivity contribution is -0.131. The molecular formula is C22H20F3N3O3S2. The highest BCUT2D eigenvalue weighted by Crippen LogP contribution is 2.26. The molecule has 6 nitrogen and oxygen atoms in total. The van der Waals surface area contributed by atoms with Gasteiger partial charge in [-0.1, -0.05) is 23.8 Å². The lowest BCUT2D eigenvalue weighted by atomic mass is 10.1. The number of rotatable bonds is 5. The summed E-state index contributed by atoms with van der Waals surface area (Å²) in [6, 6.07) is 9.17. The summed E-state index contributed by atoms with van der Waals surface area (Å²) in [5.74, 6) is -5.25. The van der Waals surface area contributed by atoms with E-state index < -0.39 is 32.4 Å². The van der Waals surface area contributed by atoms with Crippen molar-refractivity contribution in [3.63, 3.8) is 0 Å². The fourth-order valence-corrected chi connectivity index (χ4v) is 5.88. The van der Waals surface area contributed by atoms with Crippen molar-refractivity contribution in [2.24, 2.45) is 0 Å². The Morgan fingerprint density at radius 1 is 1.06 bits per heavy atom. The van der Waals surface area contributed by atoms with Crippen molar-refractivity contribution < 1.29 is 26.4 Å². The van der Waals surface area contributed by atoms with Crippen molar-refractivity contribution in [3.05, 3.63) is 70.5 Å². The summed E-state index contributed by atoms with van der Waals surface area (Å²) in [4.78, 5) is 17.8. The summed E-state index contributed by atoms with van der Waals surface area (Å²) < 4.78 is 67.0. The van der Waals surface area contributed by atoms with Crippen LogP contribution in [0.3, 0.4) is 0 Å². The number of hydrogen-bond acceptors (Lipinski definition) is 5. The number of halogens is 3. The molecule has 0 atom stereocenters. The summed E-state index contributed by atoms with van der Waals surface area (Å²) in [6.45, 7) is 2.01. The van der Waals surface area contributed by atoms with Crippen molar-refractivity contribution >= 4 is 27.3 Å². The Hall–Kier alpha value is -2.76. The van der Waals surface area contributed by atoms with Gasteiger partial charge in [-0.25, -0.2) is 26.6 Å². The van der Waals surface area contributed by atoms with Crippen LogP contribution in [-0.2, 0) is 21.2 Å². The van der Waals surface area contributed by atoms with Gasteiger partial charge in [0.05, 0.1) is 12.1 Å². The maximum absolute atomic E-state index is 14.0. The second-order valence-electron chi connectivity index (χ2n) is 7.65. The first kappa shape index (κ1) is 23.4. The molecule has 33 heavy (non-hydrogen) atoms. The normalized spacial score (nSPS) is 15.1. The van der Waals surface area contributed by atoms with Crippen LogP contribution in [0.25, 0.3) is 10.6 Å². The summed E-state index contributed by atoms with van der Waals surface area (Å²) in [7, 11) is -4.37. The molecule has 11 heteroatoms. The van der Waals surface area contributed by atoms with Crippen molar-refractivity contribution in [1.82, 2.24) is 14.2 Å². The minimum atomic E-state index is -4.37. The Morgan fingerprint density at radius 2 is 1.79 bits per heavy atom. The molecule has 0 bridgehead atoms. The van der Waals surface area contributed by atoms with E-state index in [1.54, 1.807) is 0 Å². The standard InChI is InChI=1S/C22H20F3N3O3S2/c1-14-3-2-4-15(11-14)22-26-16(13-32-22)12-19(29)27-7-9-28(10-8-27)33(30,31)18-6-5-17(23)20(24)21(18)25/h2-6,11,13H,7-10,12H2,1H3. The Kier molecular flexibility index (Phi) is 6.55. The quantitative estimate of drug-likeness (QED) is 0.507. The van der Waals surface area contributed by atoms with Crippen molar-refractivity contribution in [2.75, 3.05) is 26.2 Å². The van der Waals surface area contributed by atoms with E-state index >= 15 is 0 Å². The fraction of sp³-hybridized carbons (Fsp3) is 0.273. The lowest BCUT2D eigenvalue weighted by Gasteiger charge is -2.34. The molecule has 4 rings (SSSR count). The van der Waals surface area contributed by atoms with Crippen LogP contribution in [0.15, 0.2) is 46.7 Å². The summed E-state index contributed by atoms with van der Waals surface area (Å²) in [5, 5.41) is 2.63. The first-order chi connectivity index (χ1) is 15.7. The first-order valence-corrected chi connectivity index (χ1v) is 12.4. The Morgan fingerprint density at radius 3 is 2.48 bits per heavy atom. The van der Waals surface area contributed by atoms with Crippen LogP contribution in [0.2, 0.25) is 0 Å². The number of amides is 1. The number of nitrogens with zero attached hydrogens (tertiary/aromatic N) is 3. The molecule has 2 aromatic carbocycles. The first-order valence-electron chi connectivity index (χ1n) is 10.1. The van der Waals surface area contributed by atoms with E-state index in [-0.39, 0.29) is 38.5 Å². The second-order valence-corrected chi connectivity index (χ2v) is 10.4. The molecule has 0 N–H and O–H groups in total. The summed E-state index contributed by atoms with van der Waals surface area (Å²) in [6.07, 6.45) is 0.0763. The van der Waals surface area contributed by atoms with Gasteiger partial charge < -0.3 is 4.90 Å². The molecule has 1 aliphatic heterocycles. The van der Waals surface area contributed by atoms with E-state index in [9.17, 15) is 26.4 Å². The van der Waals surface area contributed by atoms with Crippen LogP contribution in [-0.4, -0.2) is 54.7 Å². The molecule has 0 saturated carbocycles. The molecule has 1 amide bonds. The van der Waals surface area contributed by atoms with Gasteiger partial charge in [-0.15, -0.1) is 11.3 Å². The number of piperazine rings is 1. The average molecular weight is 496 g/mol. The maximum Gasteiger partial charge on any atom is 0.246 e. The minimum absolute atomic E-state index is 0.0763. The number of hydrogen-bond donors (Lipinski definition) is 0. The smallest absolute Gasteiger partial charge is 0.246 e. The second kappa shape index (κ2) is 9.24. The number of aromatic nitrogens is 1. The minimum Gasteiger partial charge on any atom is -0.340 e. The SMILES string of the molecule is Cc1cccc(-c2nc(CC(=O)N3CCN(S(=O)(=O)c4ccc(F)c(F)c4F)CC3)cs2)c1. The zero-order valence-electron chi connectivity index (χ0n) is 17.6. The Labute approximate surface area is 193 Å². The molecular weight excluding hydrogens is 475 g/mol. The number of thiazole rings is 1. The Balaban J connectivity index is 1.39. The highest BCUT2D eigenvalue weighted by atomic mass is 32.2. The van der Waals surface area contributed by atoms with E-state index in [1.165, 1.54) is 16.2 Å². The van der Waals surface area contributed by atoms with Gasteiger partial charge in [-0.2, -0.15) is 4.31 Å². The average Bonchev–Trinajstić information content (AvgIpc) is 3.26. The third-order valence-corrected chi connectivity index (χ3v) is 8.21. The molecule has 0 radical (unpaired) electrons. The number of carbonyl (C=O) groups is 1. The molecule has 0 aliphatic carbocycles. The number of benzene rings is 2. The van der Waals surface area contributed by atoms with E-state index in [4.69, 9.17) is 0 Å². The molecule has 0 spiro atoms. The van der Waals surface area contributed by atoms with Crippen LogP contribution in [0.4, 0.5) is 13.2 Å². The van der Waals surface area contributed by atoms with Crippen molar-refractivity contribution in [3.8, 4) is 10.6 Å². The van der Waals surface area contributed by atoms with Crippen LogP contribution in [0.5, 0.6) is 0 Å². The van der Waals surface area contributed by atoms with Crippen LogP contribution >= 0.6 is 11.3 Å². The lowest BCUT2D eigenvalue weighted by Crippen LogP contribution is -2.51. The molecule has 1 aliphatic rings. The molecule has 174 valence electrons. The van der Waals surface area contributed by atoms with Crippen molar-refractivity contribution in [2.45, 2.75) is 18.2 Å². The highest BCUT2D eigenvalue weighted by molar-refractivity contribution is 7.89. The largest absolute Gasteiger partial charge is 0.340 e. The fourth-order valence-electron chi connectivity index (χ4n) is 3.59. The zero-order chi connectivity index (χ0) is 23.8. The summed E-state index contributed by atoms with van der Waals surface area (Å²) in [5.41, 5.74) is 2.71. The molecule has 3 aromatic rings. The molecule has 0 unspecified atom stereocenters. The molecule has 1 saturated heterocycles. The van der Waals surface area contributed by atoms with E-state index in [0.29, 0.717) is 17.8 Å². The molecule has 1 fully saturated rings. The van der Waals surface area contributed by atoms with Gasteiger partial charge in [0, 0.05) is 37.1 Å². The number of sulfonamides is 1. The van der Waals surface area contributed by atoms with Crippen LogP contribution < -0.4 is 0 Å². The number of aryl methyl sites for hydroxylation is 1. The summed E-state index contributed by atoms with van der Waals surface area (Å²) >= 11 is 1.44. The molecule has 2 heterocycles. The number of carbonyl (C=O) groups excluding carboxylic acids is 1. The predicted molar refractivity (Wildman–Crippen MR) is 118 cm³/mol. The van der Waals surface area contributed by atoms with Gasteiger partial charge in [0.2, 0.25) is 15.9 Å². The predicted octanol–water partition coefficient (Wildman–Crippen LogP) is 3.61. The van der Waals surface area contributed by atoms with Crippen LogP contribution in [0.1, 0.15) is 11.3 Å². The van der Waals surface area contributed by atoms with E-state index in [0.717, 1.165) is 20.4 Å². The van der Waals surface area contributed by atoms with Gasteiger partial charge >= 0.3 is 0 Å².